The largest absolute Gasteiger partial charge is 0.376 e. The molecule has 2 heterocycles. The van der Waals surface area contributed by atoms with Gasteiger partial charge >= 0.3 is 0 Å². The van der Waals surface area contributed by atoms with Crippen LogP contribution in [0.4, 0.5) is 5.95 Å². The number of likely N-dealkylation sites (N-methyl/N-ethyl adjacent to an activating group) is 1. The van der Waals surface area contributed by atoms with Crippen LogP contribution < -0.4 is 5.73 Å². The molecular formula is C19H24N4O2. The van der Waals surface area contributed by atoms with Crippen molar-refractivity contribution in [2.24, 2.45) is 0 Å². The van der Waals surface area contributed by atoms with E-state index in [-0.39, 0.29) is 18.0 Å². The van der Waals surface area contributed by atoms with Gasteiger partial charge in [0.05, 0.1) is 6.10 Å². The summed E-state index contributed by atoms with van der Waals surface area (Å²) in [4.78, 5) is 22.8. The van der Waals surface area contributed by atoms with Gasteiger partial charge in [-0.2, -0.15) is 0 Å². The lowest BCUT2D eigenvalue weighted by molar-refractivity contribution is -0.00311. The Morgan fingerprint density at radius 2 is 2.08 bits per heavy atom. The number of hydrogen-bond acceptors (Lipinski definition) is 5. The van der Waals surface area contributed by atoms with Crippen molar-refractivity contribution >= 4 is 11.9 Å². The van der Waals surface area contributed by atoms with Crippen molar-refractivity contribution in [3.8, 4) is 11.1 Å². The summed E-state index contributed by atoms with van der Waals surface area (Å²) in [6.45, 7) is 4.10. The second-order valence-corrected chi connectivity index (χ2v) is 6.24. The number of nitrogens with zero attached hydrogens (tertiary/aromatic N) is 3. The number of rotatable bonds is 5. The van der Waals surface area contributed by atoms with Gasteiger partial charge in [0.25, 0.3) is 5.91 Å². The van der Waals surface area contributed by atoms with E-state index in [9.17, 15) is 4.79 Å². The van der Waals surface area contributed by atoms with E-state index < -0.39 is 0 Å². The Morgan fingerprint density at radius 1 is 1.28 bits per heavy atom. The molecule has 1 atom stereocenters. The molecule has 1 aliphatic rings. The summed E-state index contributed by atoms with van der Waals surface area (Å²) in [5.41, 5.74) is 7.93. The highest BCUT2D eigenvalue weighted by molar-refractivity contribution is 5.95. The van der Waals surface area contributed by atoms with Crippen molar-refractivity contribution in [1.82, 2.24) is 14.9 Å². The fourth-order valence-electron chi connectivity index (χ4n) is 3.05. The van der Waals surface area contributed by atoms with Gasteiger partial charge in [-0.15, -0.1) is 0 Å². The lowest BCUT2D eigenvalue weighted by Crippen LogP contribution is -2.39. The maximum absolute atomic E-state index is 12.9. The topological polar surface area (TPSA) is 81.3 Å². The molecule has 132 valence electrons. The Bertz CT molecular complexity index is 712. The molecular weight excluding hydrogens is 316 g/mol. The molecule has 0 aliphatic carbocycles. The van der Waals surface area contributed by atoms with Crippen molar-refractivity contribution in [1.29, 1.82) is 0 Å². The fraction of sp³-hybridized carbons (Fsp3) is 0.421. The SMILES string of the molecule is CCN(C[C@H]1CCCCO1)C(=O)c1cccc(-c2cnc(N)nc2)c1. The standard InChI is InChI=1S/C19H24N4O2/c1-2-23(13-17-8-3-4-9-25-17)18(24)15-7-5-6-14(10-15)16-11-21-19(20)22-12-16/h5-7,10-12,17H,2-4,8-9,13H2,1H3,(H2,20,21,22)/t17-/m1/s1. The van der Waals surface area contributed by atoms with Gasteiger partial charge in [0.2, 0.25) is 5.95 Å². The molecule has 2 N–H and O–H groups in total. The zero-order chi connectivity index (χ0) is 17.6. The number of carbonyl (C=O) groups is 1. The molecule has 1 aliphatic heterocycles. The van der Waals surface area contributed by atoms with Crippen molar-refractivity contribution in [3.05, 3.63) is 42.2 Å². The van der Waals surface area contributed by atoms with Crippen molar-refractivity contribution in [2.75, 3.05) is 25.4 Å². The van der Waals surface area contributed by atoms with Crippen LogP contribution in [-0.2, 0) is 4.74 Å². The normalized spacial score (nSPS) is 17.2. The average Bonchev–Trinajstić information content (AvgIpc) is 2.67. The van der Waals surface area contributed by atoms with Crippen LogP contribution in [0.1, 0.15) is 36.5 Å². The van der Waals surface area contributed by atoms with Crippen LogP contribution >= 0.6 is 0 Å². The van der Waals surface area contributed by atoms with E-state index in [1.54, 1.807) is 12.4 Å². The van der Waals surface area contributed by atoms with Crippen LogP contribution in [0.5, 0.6) is 0 Å². The molecule has 1 amide bonds. The van der Waals surface area contributed by atoms with Gasteiger partial charge in [-0.25, -0.2) is 9.97 Å². The number of aromatic nitrogens is 2. The number of carbonyl (C=O) groups excluding carboxylic acids is 1. The summed E-state index contributed by atoms with van der Waals surface area (Å²) in [6.07, 6.45) is 6.78. The Hall–Kier alpha value is -2.47. The predicted molar refractivity (Wildman–Crippen MR) is 97.0 cm³/mol. The van der Waals surface area contributed by atoms with Crippen molar-refractivity contribution in [3.63, 3.8) is 0 Å². The molecule has 0 spiro atoms. The van der Waals surface area contributed by atoms with E-state index in [0.29, 0.717) is 18.7 Å². The van der Waals surface area contributed by atoms with E-state index in [2.05, 4.69) is 9.97 Å². The summed E-state index contributed by atoms with van der Waals surface area (Å²) in [6, 6.07) is 7.53. The zero-order valence-electron chi connectivity index (χ0n) is 14.5. The van der Waals surface area contributed by atoms with Gasteiger partial charge in [0, 0.05) is 43.2 Å². The maximum Gasteiger partial charge on any atom is 0.253 e. The second kappa shape index (κ2) is 8.07. The Labute approximate surface area is 148 Å². The lowest BCUT2D eigenvalue weighted by Gasteiger charge is -2.29. The molecule has 3 rings (SSSR count). The number of nitrogens with two attached hydrogens (primary N) is 1. The molecule has 0 unspecified atom stereocenters. The Balaban J connectivity index is 1.76. The van der Waals surface area contributed by atoms with Crippen LogP contribution in [0.2, 0.25) is 0 Å². The van der Waals surface area contributed by atoms with E-state index in [1.807, 2.05) is 36.1 Å². The third kappa shape index (κ3) is 4.33. The highest BCUT2D eigenvalue weighted by Crippen LogP contribution is 2.21. The minimum absolute atomic E-state index is 0.0230. The maximum atomic E-state index is 12.9. The van der Waals surface area contributed by atoms with Crippen LogP contribution in [0.3, 0.4) is 0 Å². The van der Waals surface area contributed by atoms with Gasteiger partial charge in [-0.1, -0.05) is 12.1 Å². The van der Waals surface area contributed by atoms with Gasteiger partial charge < -0.3 is 15.4 Å². The third-order valence-electron chi connectivity index (χ3n) is 4.48. The molecule has 1 fully saturated rings. The molecule has 1 aromatic heterocycles. The summed E-state index contributed by atoms with van der Waals surface area (Å²) < 4.78 is 5.78. The zero-order valence-corrected chi connectivity index (χ0v) is 14.5. The molecule has 0 saturated carbocycles. The molecule has 0 radical (unpaired) electrons. The number of ether oxygens (including phenoxy) is 1. The quantitative estimate of drug-likeness (QED) is 0.905. The van der Waals surface area contributed by atoms with E-state index in [4.69, 9.17) is 10.5 Å². The highest BCUT2D eigenvalue weighted by Gasteiger charge is 2.21. The summed E-state index contributed by atoms with van der Waals surface area (Å²) >= 11 is 0. The Morgan fingerprint density at radius 3 is 2.76 bits per heavy atom. The minimum Gasteiger partial charge on any atom is -0.376 e. The van der Waals surface area contributed by atoms with Gasteiger partial charge in [-0.3, -0.25) is 4.79 Å². The summed E-state index contributed by atoms with van der Waals surface area (Å²) in [5.74, 6) is 0.260. The molecule has 6 nitrogen and oxygen atoms in total. The van der Waals surface area contributed by atoms with Crippen LogP contribution in [0, 0.1) is 0 Å². The molecule has 25 heavy (non-hydrogen) atoms. The first-order valence-corrected chi connectivity index (χ1v) is 8.76. The van der Waals surface area contributed by atoms with E-state index >= 15 is 0 Å². The minimum atomic E-state index is 0.0230. The fourth-order valence-corrected chi connectivity index (χ4v) is 3.05. The summed E-state index contributed by atoms with van der Waals surface area (Å²) in [7, 11) is 0. The van der Waals surface area contributed by atoms with E-state index in [1.165, 1.54) is 6.42 Å². The van der Waals surface area contributed by atoms with Gasteiger partial charge in [-0.05, 0) is 43.9 Å². The molecule has 1 saturated heterocycles. The number of nitrogen functional groups attached to an aromatic ring is 1. The highest BCUT2D eigenvalue weighted by atomic mass is 16.5. The summed E-state index contributed by atoms with van der Waals surface area (Å²) in [5, 5.41) is 0. The molecule has 6 heteroatoms. The van der Waals surface area contributed by atoms with Crippen LogP contribution in [0.15, 0.2) is 36.7 Å². The third-order valence-corrected chi connectivity index (χ3v) is 4.48. The first-order valence-electron chi connectivity index (χ1n) is 8.76. The van der Waals surface area contributed by atoms with Gasteiger partial charge in [0.15, 0.2) is 0 Å². The number of amides is 1. The van der Waals surface area contributed by atoms with Crippen LogP contribution in [0.25, 0.3) is 11.1 Å². The molecule has 0 bridgehead atoms. The second-order valence-electron chi connectivity index (χ2n) is 6.24. The first-order chi connectivity index (χ1) is 12.2. The molecule has 1 aromatic carbocycles. The number of hydrogen-bond donors (Lipinski definition) is 1. The van der Waals surface area contributed by atoms with Gasteiger partial charge in [0.1, 0.15) is 0 Å². The average molecular weight is 340 g/mol. The number of anilines is 1. The Kier molecular flexibility index (Phi) is 5.60. The monoisotopic (exact) mass is 340 g/mol. The van der Waals surface area contributed by atoms with Crippen LogP contribution in [-0.4, -0.2) is 46.6 Å². The number of benzene rings is 1. The smallest absolute Gasteiger partial charge is 0.253 e. The van der Waals surface area contributed by atoms with Crippen molar-refractivity contribution < 1.29 is 9.53 Å². The van der Waals surface area contributed by atoms with Crippen molar-refractivity contribution in [2.45, 2.75) is 32.3 Å². The van der Waals surface area contributed by atoms with E-state index in [0.717, 1.165) is 30.6 Å². The first kappa shape index (κ1) is 17.4. The lowest BCUT2D eigenvalue weighted by atomic mass is 10.0. The molecule has 2 aromatic rings. The predicted octanol–water partition coefficient (Wildman–Crippen LogP) is 2.76.